The van der Waals surface area contributed by atoms with Crippen molar-refractivity contribution in [2.45, 2.75) is 33.1 Å². The number of rotatable bonds is 5. The molecule has 0 aliphatic rings. The Hall–Kier alpha value is -1.68. The molecule has 0 radical (unpaired) electrons. The molecule has 20 heavy (non-hydrogen) atoms. The van der Waals surface area contributed by atoms with E-state index in [2.05, 4.69) is 10.1 Å². The Bertz CT molecular complexity index is 634. The Morgan fingerprint density at radius 3 is 2.70 bits per heavy atom. The van der Waals surface area contributed by atoms with Gasteiger partial charge in [0.25, 0.3) is 0 Å². The number of hydrogen-bond acceptors (Lipinski definition) is 3. The highest BCUT2D eigenvalue weighted by molar-refractivity contribution is 6.32. The first kappa shape index (κ1) is 14.7. The SMILES string of the molecule is CCc1cccnc1C(=O)Cc1c(Cl)c(CC)nn1C. The molecule has 5 heteroatoms. The van der Waals surface area contributed by atoms with Gasteiger partial charge in [0.15, 0.2) is 5.78 Å². The first-order valence-electron chi connectivity index (χ1n) is 6.75. The average molecular weight is 292 g/mol. The van der Waals surface area contributed by atoms with Crippen molar-refractivity contribution in [3.63, 3.8) is 0 Å². The lowest BCUT2D eigenvalue weighted by Crippen LogP contribution is -2.12. The second-order valence-corrected chi connectivity index (χ2v) is 5.03. The molecule has 0 atom stereocenters. The fourth-order valence-electron chi connectivity index (χ4n) is 2.22. The molecule has 106 valence electrons. The van der Waals surface area contributed by atoms with Crippen molar-refractivity contribution in [1.29, 1.82) is 0 Å². The molecule has 0 spiro atoms. The van der Waals surface area contributed by atoms with Crippen molar-refractivity contribution in [2.75, 3.05) is 0 Å². The average Bonchev–Trinajstić information content (AvgIpc) is 2.74. The Kier molecular flexibility index (Phi) is 4.55. The molecule has 0 bridgehead atoms. The van der Waals surface area contributed by atoms with Crippen LogP contribution in [0.3, 0.4) is 0 Å². The van der Waals surface area contributed by atoms with Crippen molar-refractivity contribution >= 4 is 17.4 Å². The summed E-state index contributed by atoms with van der Waals surface area (Å²) in [5.41, 5.74) is 3.08. The van der Waals surface area contributed by atoms with Crippen LogP contribution in [0.4, 0.5) is 0 Å². The highest BCUT2D eigenvalue weighted by Crippen LogP contribution is 2.22. The summed E-state index contributed by atoms with van der Waals surface area (Å²) in [5.74, 6) is -0.0185. The second kappa shape index (κ2) is 6.18. The Labute approximate surface area is 123 Å². The number of Topliss-reactive ketones (excluding diaryl/α,β-unsaturated/α-hetero) is 1. The molecule has 2 heterocycles. The van der Waals surface area contributed by atoms with Gasteiger partial charge in [0.2, 0.25) is 0 Å². The molecular weight excluding hydrogens is 274 g/mol. The van der Waals surface area contributed by atoms with E-state index in [0.29, 0.717) is 10.7 Å². The van der Waals surface area contributed by atoms with Crippen LogP contribution in [0.1, 0.15) is 41.3 Å². The Morgan fingerprint density at radius 1 is 1.35 bits per heavy atom. The predicted molar refractivity (Wildman–Crippen MR) is 79.2 cm³/mol. The smallest absolute Gasteiger partial charge is 0.187 e. The van der Waals surface area contributed by atoms with E-state index in [4.69, 9.17) is 11.6 Å². The van der Waals surface area contributed by atoms with E-state index in [1.807, 2.05) is 33.0 Å². The summed E-state index contributed by atoms with van der Waals surface area (Å²) < 4.78 is 1.69. The molecule has 0 saturated heterocycles. The highest BCUT2D eigenvalue weighted by Gasteiger charge is 2.19. The topological polar surface area (TPSA) is 47.8 Å². The minimum atomic E-state index is -0.0185. The van der Waals surface area contributed by atoms with E-state index in [1.54, 1.807) is 10.9 Å². The van der Waals surface area contributed by atoms with Gasteiger partial charge in [-0.15, -0.1) is 0 Å². The maximum atomic E-state index is 12.4. The maximum absolute atomic E-state index is 12.4. The zero-order valence-electron chi connectivity index (χ0n) is 12.0. The lowest BCUT2D eigenvalue weighted by Gasteiger charge is -2.06. The molecular formula is C15H18ClN3O. The molecule has 0 N–H and O–H groups in total. The molecule has 0 aliphatic carbocycles. The van der Waals surface area contributed by atoms with E-state index in [1.165, 1.54) is 0 Å². The van der Waals surface area contributed by atoms with E-state index >= 15 is 0 Å². The molecule has 0 aromatic carbocycles. The summed E-state index contributed by atoms with van der Waals surface area (Å²) in [4.78, 5) is 16.6. The maximum Gasteiger partial charge on any atom is 0.187 e. The van der Waals surface area contributed by atoms with Gasteiger partial charge in [-0.3, -0.25) is 14.5 Å². The van der Waals surface area contributed by atoms with Crippen LogP contribution in [0.5, 0.6) is 0 Å². The number of aryl methyl sites for hydroxylation is 3. The van der Waals surface area contributed by atoms with Crippen LogP contribution in [0.2, 0.25) is 5.02 Å². The summed E-state index contributed by atoms with van der Waals surface area (Å²) in [6.45, 7) is 4.01. The minimum absolute atomic E-state index is 0.0185. The van der Waals surface area contributed by atoms with E-state index in [0.717, 1.165) is 29.8 Å². The number of hydrogen-bond donors (Lipinski definition) is 0. The van der Waals surface area contributed by atoms with Crippen LogP contribution in [0, 0.1) is 0 Å². The Balaban J connectivity index is 2.30. The third-order valence-electron chi connectivity index (χ3n) is 3.37. The van der Waals surface area contributed by atoms with Crippen molar-refractivity contribution in [3.8, 4) is 0 Å². The third kappa shape index (κ3) is 2.75. The van der Waals surface area contributed by atoms with Gasteiger partial charge in [0.1, 0.15) is 5.69 Å². The number of halogens is 1. The summed E-state index contributed by atoms with van der Waals surface area (Å²) >= 11 is 6.28. The minimum Gasteiger partial charge on any atom is -0.292 e. The zero-order valence-corrected chi connectivity index (χ0v) is 12.7. The van der Waals surface area contributed by atoms with Gasteiger partial charge < -0.3 is 0 Å². The van der Waals surface area contributed by atoms with E-state index < -0.39 is 0 Å². The predicted octanol–water partition coefficient (Wildman–Crippen LogP) is 3.02. The van der Waals surface area contributed by atoms with Gasteiger partial charge in [-0.05, 0) is 24.5 Å². The molecule has 0 aliphatic heterocycles. The van der Waals surface area contributed by atoms with Crippen molar-refractivity contribution in [1.82, 2.24) is 14.8 Å². The number of ketones is 1. The van der Waals surface area contributed by atoms with Crippen LogP contribution in [-0.4, -0.2) is 20.5 Å². The van der Waals surface area contributed by atoms with Crippen molar-refractivity contribution < 1.29 is 4.79 Å². The number of nitrogens with zero attached hydrogens (tertiary/aromatic N) is 3. The lowest BCUT2D eigenvalue weighted by molar-refractivity contribution is 0.0985. The normalized spacial score (nSPS) is 10.8. The van der Waals surface area contributed by atoms with E-state index in [-0.39, 0.29) is 12.2 Å². The quantitative estimate of drug-likeness (QED) is 0.796. The van der Waals surface area contributed by atoms with Gasteiger partial charge in [-0.2, -0.15) is 5.10 Å². The van der Waals surface area contributed by atoms with Gasteiger partial charge in [-0.25, -0.2) is 0 Å². The lowest BCUT2D eigenvalue weighted by atomic mass is 10.0. The first-order chi connectivity index (χ1) is 9.58. The molecule has 0 saturated carbocycles. The van der Waals surface area contributed by atoms with Gasteiger partial charge in [-0.1, -0.05) is 31.5 Å². The molecule has 2 aromatic rings. The molecule has 4 nitrogen and oxygen atoms in total. The van der Waals surface area contributed by atoms with Crippen LogP contribution in [0.25, 0.3) is 0 Å². The van der Waals surface area contributed by atoms with Crippen molar-refractivity contribution in [2.24, 2.45) is 7.05 Å². The van der Waals surface area contributed by atoms with Crippen LogP contribution >= 0.6 is 11.6 Å². The van der Waals surface area contributed by atoms with Crippen LogP contribution < -0.4 is 0 Å². The summed E-state index contributed by atoms with van der Waals surface area (Å²) in [6, 6.07) is 3.78. The standard InChI is InChI=1S/C15H18ClN3O/c1-4-10-7-6-8-17-15(10)13(20)9-12-14(16)11(5-2)18-19(12)3/h6-8H,4-5,9H2,1-3H3. The summed E-state index contributed by atoms with van der Waals surface area (Å²) in [5, 5.41) is 4.92. The molecule has 0 fully saturated rings. The van der Waals surface area contributed by atoms with Crippen LogP contribution in [0.15, 0.2) is 18.3 Å². The van der Waals surface area contributed by atoms with E-state index in [9.17, 15) is 4.79 Å². The summed E-state index contributed by atoms with van der Waals surface area (Å²) in [7, 11) is 1.81. The second-order valence-electron chi connectivity index (χ2n) is 4.65. The molecule has 0 amide bonds. The number of carbonyl (C=O) groups is 1. The zero-order chi connectivity index (χ0) is 14.7. The molecule has 2 rings (SSSR count). The fourth-order valence-corrected chi connectivity index (χ4v) is 2.58. The Morgan fingerprint density at radius 2 is 2.10 bits per heavy atom. The van der Waals surface area contributed by atoms with Gasteiger partial charge in [0.05, 0.1) is 22.8 Å². The number of aromatic nitrogens is 3. The molecule has 0 unspecified atom stereocenters. The highest BCUT2D eigenvalue weighted by atomic mass is 35.5. The van der Waals surface area contributed by atoms with Crippen molar-refractivity contribution in [3.05, 3.63) is 46.0 Å². The number of pyridine rings is 1. The largest absolute Gasteiger partial charge is 0.292 e. The summed E-state index contributed by atoms with van der Waals surface area (Å²) in [6.07, 6.45) is 3.42. The monoisotopic (exact) mass is 291 g/mol. The number of carbonyl (C=O) groups excluding carboxylic acids is 1. The molecule has 2 aromatic heterocycles. The van der Waals surface area contributed by atoms with Crippen LogP contribution in [-0.2, 0) is 26.3 Å². The first-order valence-corrected chi connectivity index (χ1v) is 7.13. The third-order valence-corrected chi connectivity index (χ3v) is 3.80. The van der Waals surface area contributed by atoms with Gasteiger partial charge in [0, 0.05) is 13.2 Å². The van der Waals surface area contributed by atoms with Gasteiger partial charge >= 0.3 is 0 Å². The fraction of sp³-hybridized carbons (Fsp3) is 0.400.